The van der Waals surface area contributed by atoms with Crippen LogP contribution in [0.15, 0.2) is 40.1 Å². The first kappa shape index (κ1) is 19.5. The average molecular weight is 379 g/mol. The molecule has 5 nitrogen and oxygen atoms in total. The fourth-order valence-corrected chi connectivity index (χ4v) is 4.08. The summed E-state index contributed by atoms with van der Waals surface area (Å²) in [7, 11) is -3.73. The van der Waals surface area contributed by atoms with Crippen LogP contribution in [0.4, 0.5) is 5.69 Å². The van der Waals surface area contributed by atoms with Crippen molar-refractivity contribution < 1.29 is 13.2 Å². The molecule has 0 aliphatic rings. The lowest BCUT2D eigenvalue weighted by Crippen LogP contribution is -2.15. The van der Waals surface area contributed by atoms with Crippen LogP contribution in [-0.2, 0) is 14.8 Å². The number of carbonyl (C=O) groups is 1. The van der Waals surface area contributed by atoms with E-state index < -0.39 is 10.0 Å². The average Bonchev–Trinajstić information content (AvgIpc) is 2.52. The van der Waals surface area contributed by atoms with Crippen LogP contribution in [0.1, 0.15) is 22.3 Å². The summed E-state index contributed by atoms with van der Waals surface area (Å²) >= 11 is 1.51. The molecule has 0 fully saturated rings. The monoisotopic (exact) mass is 378 g/mol. The molecular weight excluding hydrogens is 356 g/mol. The molecule has 134 valence electrons. The molecule has 0 radical (unpaired) electrons. The lowest BCUT2D eigenvalue weighted by Gasteiger charge is -2.14. The van der Waals surface area contributed by atoms with Crippen molar-refractivity contribution in [2.45, 2.75) is 37.5 Å². The molecule has 0 spiro atoms. The van der Waals surface area contributed by atoms with Gasteiger partial charge in [-0.1, -0.05) is 6.07 Å². The highest BCUT2D eigenvalue weighted by molar-refractivity contribution is 8.00. The lowest BCUT2D eigenvalue weighted by atomic mass is 10.0. The summed E-state index contributed by atoms with van der Waals surface area (Å²) in [4.78, 5) is 13.3. The minimum absolute atomic E-state index is 0.0151. The van der Waals surface area contributed by atoms with Gasteiger partial charge in [-0.2, -0.15) is 0 Å². The summed E-state index contributed by atoms with van der Waals surface area (Å²) in [6.45, 7) is 8.26. The van der Waals surface area contributed by atoms with Crippen LogP contribution in [0.25, 0.3) is 0 Å². The molecule has 2 aromatic carbocycles. The van der Waals surface area contributed by atoms with Gasteiger partial charge in [-0.15, -0.1) is 11.8 Å². The van der Waals surface area contributed by atoms with Crippen molar-refractivity contribution in [1.82, 2.24) is 0 Å². The number of rotatable bonds is 5. The lowest BCUT2D eigenvalue weighted by molar-refractivity contribution is -0.113. The number of benzene rings is 2. The molecule has 0 heterocycles. The van der Waals surface area contributed by atoms with Crippen LogP contribution in [0, 0.1) is 27.7 Å². The van der Waals surface area contributed by atoms with E-state index in [1.54, 1.807) is 0 Å². The van der Waals surface area contributed by atoms with Crippen LogP contribution in [0.2, 0.25) is 0 Å². The number of anilines is 1. The third-order valence-corrected chi connectivity index (χ3v) is 6.35. The second kappa shape index (κ2) is 7.59. The molecule has 0 saturated carbocycles. The Morgan fingerprint density at radius 1 is 1.04 bits per heavy atom. The molecular formula is C18H22N2O3S2. The summed E-state index contributed by atoms with van der Waals surface area (Å²) in [5, 5.41) is 7.82. The van der Waals surface area contributed by atoms with Gasteiger partial charge in [0.25, 0.3) is 0 Å². The van der Waals surface area contributed by atoms with Crippen molar-refractivity contribution >= 4 is 33.4 Å². The summed E-state index contributed by atoms with van der Waals surface area (Å²) in [6, 6.07) is 7.94. The van der Waals surface area contributed by atoms with E-state index in [-0.39, 0.29) is 16.6 Å². The number of aryl methyl sites for hydroxylation is 2. The first-order valence-electron chi connectivity index (χ1n) is 7.72. The fourth-order valence-electron chi connectivity index (χ4n) is 2.46. The van der Waals surface area contributed by atoms with Gasteiger partial charge in [0.2, 0.25) is 15.9 Å². The Bertz CT molecular complexity index is 879. The number of amides is 1. The standard InChI is InChI=1S/C18H22N2O3S2/c1-11-9-12(2)14(4)18(13(11)3)24-10-17(21)20-15-5-7-16(8-6-15)25(19,22)23/h5-9H,10H2,1-4H3,(H,20,21)(H2,19,22,23). The number of hydrogen-bond donors (Lipinski definition) is 2. The first-order valence-corrected chi connectivity index (χ1v) is 10.3. The molecule has 1 amide bonds. The number of thioether (sulfide) groups is 1. The number of hydrogen-bond acceptors (Lipinski definition) is 4. The third kappa shape index (κ3) is 4.84. The van der Waals surface area contributed by atoms with Crippen LogP contribution < -0.4 is 10.5 Å². The maximum Gasteiger partial charge on any atom is 0.238 e. The van der Waals surface area contributed by atoms with Crippen LogP contribution >= 0.6 is 11.8 Å². The molecule has 7 heteroatoms. The maximum absolute atomic E-state index is 12.2. The van der Waals surface area contributed by atoms with Gasteiger partial charge in [0, 0.05) is 10.6 Å². The highest BCUT2D eigenvalue weighted by Gasteiger charge is 2.12. The van der Waals surface area contributed by atoms with E-state index in [2.05, 4.69) is 39.1 Å². The number of carbonyl (C=O) groups excluding carboxylic acids is 1. The van der Waals surface area contributed by atoms with Crippen molar-refractivity contribution in [3.05, 3.63) is 52.6 Å². The Labute approximate surface area is 153 Å². The third-order valence-electron chi connectivity index (χ3n) is 4.11. The van der Waals surface area contributed by atoms with E-state index in [4.69, 9.17) is 5.14 Å². The second-order valence-corrected chi connectivity index (χ2v) is 8.54. The van der Waals surface area contributed by atoms with E-state index in [0.29, 0.717) is 5.69 Å². The number of nitrogens with two attached hydrogens (primary N) is 1. The highest BCUT2D eigenvalue weighted by atomic mass is 32.2. The quantitative estimate of drug-likeness (QED) is 0.781. The molecule has 0 aliphatic carbocycles. The van der Waals surface area contributed by atoms with Gasteiger partial charge >= 0.3 is 0 Å². The molecule has 0 atom stereocenters. The molecule has 0 aliphatic heterocycles. The van der Waals surface area contributed by atoms with E-state index in [1.807, 2.05) is 0 Å². The molecule has 2 rings (SSSR count). The summed E-state index contributed by atoms with van der Waals surface area (Å²) in [6.07, 6.45) is 0. The zero-order chi connectivity index (χ0) is 18.8. The first-order chi connectivity index (χ1) is 11.6. The van der Waals surface area contributed by atoms with Crippen LogP contribution in [-0.4, -0.2) is 20.1 Å². The highest BCUT2D eigenvalue weighted by Crippen LogP contribution is 2.30. The summed E-state index contributed by atoms with van der Waals surface area (Å²) < 4.78 is 22.5. The summed E-state index contributed by atoms with van der Waals surface area (Å²) in [5.41, 5.74) is 5.35. The Balaban J connectivity index is 2.05. The van der Waals surface area contributed by atoms with Gasteiger partial charge in [-0.05, 0) is 74.2 Å². The maximum atomic E-state index is 12.2. The van der Waals surface area contributed by atoms with Gasteiger partial charge in [0.15, 0.2) is 0 Å². The topological polar surface area (TPSA) is 89.3 Å². The minimum Gasteiger partial charge on any atom is -0.325 e. The molecule has 0 bridgehead atoms. The van der Waals surface area contributed by atoms with Crippen LogP contribution in [0.5, 0.6) is 0 Å². The number of primary sulfonamides is 1. The SMILES string of the molecule is Cc1cc(C)c(C)c(SCC(=O)Nc2ccc(S(N)(=O)=O)cc2)c1C. The van der Waals surface area contributed by atoms with Crippen molar-refractivity contribution in [1.29, 1.82) is 0 Å². The summed E-state index contributed by atoms with van der Waals surface area (Å²) in [5.74, 6) is 0.132. The van der Waals surface area contributed by atoms with Crippen molar-refractivity contribution in [3.8, 4) is 0 Å². The zero-order valence-electron chi connectivity index (χ0n) is 14.7. The smallest absolute Gasteiger partial charge is 0.238 e. The molecule has 0 saturated heterocycles. The normalized spacial score (nSPS) is 11.4. The van der Waals surface area contributed by atoms with Gasteiger partial charge in [0.1, 0.15) is 0 Å². The van der Waals surface area contributed by atoms with Crippen LogP contribution in [0.3, 0.4) is 0 Å². The Morgan fingerprint density at radius 3 is 2.04 bits per heavy atom. The minimum atomic E-state index is -3.73. The van der Waals surface area contributed by atoms with E-state index in [0.717, 1.165) is 4.90 Å². The largest absolute Gasteiger partial charge is 0.325 e. The zero-order valence-corrected chi connectivity index (χ0v) is 16.3. The Morgan fingerprint density at radius 2 is 1.56 bits per heavy atom. The molecule has 2 aromatic rings. The molecule has 0 unspecified atom stereocenters. The van der Waals surface area contributed by atoms with Crippen molar-refractivity contribution in [2.75, 3.05) is 11.1 Å². The Hall–Kier alpha value is -1.83. The molecule has 3 N–H and O–H groups in total. The van der Waals surface area contributed by atoms with E-state index >= 15 is 0 Å². The second-order valence-electron chi connectivity index (χ2n) is 6.00. The van der Waals surface area contributed by atoms with Gasteiger partial charge < -0.3 is 5.32 Å². The Kier molecular flexibility index (Phi) is 5.92. The van der Waals surface area contributed by atoms with Gasteiger partial charge in [0.05, 0.1) is 10.6 Å². The predicted molar refractivity (Wildman–Crippen MR) is 103 cm³/mol. The van der Waals surface area contributed by atoms with E-state index in [9.17, 15) is 13.2 Å². The predicted octanol–water partition coefficient (Wildman–Crippen LogP) is 3.30. The molecule has 25 heavy (non-hydrogen) atoms. The molecule has 0 aromatic heterocycles. The van der Waals surface area contributed by atoms with Crippen molar-refractivity contribution in [2.24, 2.45) is 5.14 Å². The van der Waals surface area contributed by atoms with E-state index in [1.165, 1.54) is 58.3 Å². The number of sulfonamides is 1. The van der Waals surface area contributed by atoms with Crippen molar-refractivity contribution in [3.63, 3.8) is 0 Å². The fraction of sp³-hybridized carbons (Fsp3) is 0.278. The number of nitrogens with one attached hydrogen (secondary N) is 1. The van der Waals surface area contributed by atoms with Gasteiger partial charge in [-0.25, -0.2) is 13.6 Å². The van der Waals surface area contributed by atoms with Gasteiger partial charge in [-0.3, -0.25) is 4.79 Å².